The number of nitrogens with one attached hydrogen (secondary N) is 1. The fraction of sp³-hybridized carbons (Fsp3) is 0.0588. The van der Waals surface area contributed by atoms with Crippen molar-refractivity contribution in [3.8, 4) is 5.69 Å². The van der Waals surface area contributed by atoms with Gasteiger partial charge in [-0.15, -0.1) is 0 Å². The second-order valence-corrected chi connectivity index (χ2v) is 8.05. The number of hydrogen-bond donors (Lipinski definition) is 1. The molecule has 0 radical (unpaired) electrons. The second kappa shape index (κ2) is 7.30. The van der Waals surface area contributed by atoms with Gasteiger partial charge in [0.25, 0.3) is 15.6 Å². The Kier molecular flexibility index (Phi) is 5.23. The third-order valence-corrected chi connectivity index (χ3v) is 5.84. The van der Waals surface area contributed by atoms with Crippen LogP contribution in [0.15, 0.2) is 58.4 Å². The lowest BCUT2D eigenvalue weighted by Gasteiger charge is -2.11. The van der Waals surface area contributed by atoms with Crippen LogP contribution in [0, 0.1) is 12.7 Å². The van der Waals surface area contributed by atoms with Crippen LogP contribution in [0.1, 0.15) is 5.56 Å². The number of benzene rings is 2. The smallest absolute Gasteiger partial charge is 0.279 e. The molecule has 1 heterocycles. The molecule has 3 aromatic rings. The first kappa shape index (κ1) is 19.3. The molecule has 3 rings (SSSR count). The van der Waals surface area contributed by atoms with Crippen LogP contribution in [0.5, 0.6) is 0 Å². The van der Waals surface area contributed by atoms with E-state index in [1.807, 2.05) is 0 Å². The number of aromatic nitrogens is 2. The van der Waals surface area contributed by atoms with E-state index in [-0.39, 0.29) is 20.6 Å². The van der Waals surface area contributed by atoms with Crippen LogP contribution in [-0.2, 0) is 10.0 Å². The Balaban J connectivity index is 1.94. The highest BCUT2D eigenvalue weighted by Gasteiger charge is 2.17. The van der Waals surface area contributed by atoms with Crippen molar-refractivity contribution in [1.82, 2.24) is 9.78 Å². The average Bonchev–Trinajstić information content (AvgIpc) is 2.63. The summed E-state index contributed by atoms with van der Waals surface area (Å²) in [4.78, 5) is 12.0. The predicted octanol–water partition coefficient (Wildman–Crippen LogP) is 3.79. The normalized spacial score (nSPS) is 11.4. The van der Waals surface area contributed by atoms with Crippen molar-refractivity contribution in [3.05, 3.63) is 80.4 Å². The average molecular weight is 428 g/mol. The number of anilines is 1. The van der Waals surface area contributed by atoms with Crippen LogP contribution < -0.4 is 10.3 Å². The summed E-state index contributed by atoms with van der Waals surface area (Å²) in [7, 11) is -3.95. The lowest BCUT2D eigenvalue weighted by molar-refractivity contribution is 0.601. The van der Waals surface area contributed by atoms with Gasteiger partial charge in [-0.3, -0.25) is 9.52 Å². The minimum absolute atomic E-state index is 0.0202. The first-order chi connectivity index (χ1) is 12.7. The van der Waals surface area contributed by atoms with Crippen LogP contribution in [-0.4, -0.2) is 18.2 Å². The summed E-state index contributed by atoms with van der Waals surface area (Å²) in [5.41, 5.74) is 0.386. The number of hydrogen-bond acceptors (Lipinski definition) is 4. The molecule has 0 unspecified atom stereocenters. The highest BCUT2D eigenvalue weighted by Crippen LogP contribution is 2.22. The molecular weight excluding hydrogens is 416 g/mol. The van der Waals surface area contributed by atoms with Gasteiger partial charge in [0, 0.05) is 0 Å². The Bertz CT molecular complexity index is 1180. The lowest BCUT2D eigenvalue weighted by atomic mass is 10.2. The molecule has 0 aliphatic heterocycles. The molecule has 0 atom stereocenters. The molecule has 0 fully saturated rings. The Morgan fingerprint density at radius 2 is 1.78 bits per heavy atom. The van der Waals surface area contributed by atoms with E-state index in [1.54, 1.807) is 6.92 Å². The van der Waals surface area contributed by atoms with Gasteiger partial charge in [-0.25, -0.2) is 12.8 Å². The first-order valence-corrected chi connectivity index (χ1v) is 9.76. The molecule has 0 amide bonds. The molecule has 1 N–H and O–H groups in total. The van der Waals surface area contributed by atoms with Gasteiger partial charge in [0.15, 0.2) is 0 Å². The fourth-order valence-electron chi connectivity index (χ4n) is 2.27. The van der Waals surface area contributed by atoms with Gasteiger partial charge in [-0.05, 0) is 48.9 Å². The van der Waals surface area contributed by atoms with Crippen molar-refractivity contribution < 1.29 is 12.8 Å². The maximum atomic E-state index is 13.4. The van der Waals surface area contributed by atoms with Crippen LogP contribution >= 0.6 is 23.2 Å². The monoisotopic (exact) mass is 427 g/mol. The van der Waals surface area contributed by atoms with E-state index in [1.165, 1.54) is 42.6 Å². The van der Waals surface area contributed by atoms with Crippen molar-refractivity contribution in [3.63, 3.8) is 0 Å². The van der Waals surface area contributed by atoms with Crippen molar-refractivity contribution in [1.29, 1.82) is 0 Å². The topological polar surface area (TPSA) is 81.1 Å². The fourth-order valence-corrected chi connectivity index (χ4v) is 3.65. The minimum Gasteiger partial charge on any atom is -0.279 e. The third-order valence-electron chi connectivity index (χ3n) is 3.71. The summed E-state index contributed by atoms with van der Waals surface area (Å²) >= 11 is 11.5. The minimum atomic E-state index is -3.95. The largest absolute Gasteiger partial charge is 0.291 e. The van der Waals surface area contributed by atoms with Crippen molar-refractivity contribution >= 4 is 38.9 Å². The molecular formula is C17H12Cl2FN3O3S. The van der Waals surface area contributed by atoms with Gasteiger partial charge >= 0.3 is 0 Å². The van der Waals surface area contributed by atoms with E-state index in [0.29, 0.717) is 11.3 Å². The van der Waals surface area contributed by atoms with Gasteiger partial charge in [0.2, 0.25) is 0 Å². The molecule has 140 valence electrons. The Hall–Kier alpha value is -2.42. The molecule has 6 nitrogen and oxygen atoms in total. The van der Waals surface area contributed by atoms with E-state index in [0.717, 1.165) is 10.7 Å². The van der Waals surface area contributed by atoms with Crippen LogP contribution in [0.4, 0.5) is 10.1 Å². The van der Waals surface area contributed by atoms with E-state index in [2.05, 4.69) is 9.82 Å². The predicted molar refractivity (Wildman–Crippen MR) is 102 cm³/mol. The molecule has 10 heteroatoms. The summed E-state index contributed by atoms with van der Waals surface area (Å²) in [6, 6.07) is 9.19. The zero-order valence-corrected chi connectivity index (χ0v) is 16.1. The molecule has 2 aromatic carbocycles. The third kappa shape index (κ3) is 3.97. The van der Waals surface area contributed by atoms with E-state index in [4.69, 9.17) is 23.2 Å². The summed E-state index contributed by atoms with van der Waals surface area (Å²) < 4.78 is 41.7. The van der Waals surface area contributed by atoms with Gasteiger partial charge in [-0.1, -0.05) is 29.3 Å². The van der Waals surface area contributed by atoms with Crippen molar-refractivity contribution in [2.75, 3.05) is 4.72 Å². The summed E-state index contributed by atoms with van der Waals surface area (Å²) in [5.74, 6) is -0.557. The Morgan fingerprint density at radius 3 is 2.44 bits per heavy atom. The van der Waals surface area contributed by atoms with E-state index >= 15 is 0 Å². The second-order valence-electron chi connectivity index (χ2n) is 5.58. The van der Waals surface area contributed by atoms with Gasteiger partial charge in [0.1, 0.15) is 10.8 Å². The quantitative estimate of drug-likeness (QED) is 0.686. The molecule has 27 heavy (non-hydrogen) atoms. The highest BCUT2D eigenvalue weighted by molar-refractivity contribution is 7.92. The van der Waals surface area contributed by atoms with Crippen molar-refractivity contribution in [2.24, 2.45) is 0 Å². The summed E-state index contributed by atoms with van der Waals surface area (Å²) in [5, 5.41) is 3.70. The molecule has 0 aliphatic carbocycles. The number of rotatable bonds is 4. The highest BCUT2D eigenvalue weighted by atomic mass is 35.5. The molecule has 0 bridgehead atoms. The molecule has 1 aromatic heterocycles. The van der Waals surface area contributed by atoms with Gasteiger partial charge in [-0.2, -0.15) is 9.78 Å². The number of sulfonamides is 1. The molecule has 0 saturated carbocycles. The van der Waals surface area contributed by atoms with E-state index < -0.39 is 21.4 Å². The van der Waals surface area contributed by atoms with Crippen LogP contribution in [0.25, 0.3) is 5.69 Å². The summed E-state index contributed by atoms with van der Waals surface area (Å²) in [6.45, 7) is 1.66. The molecule has 0 aliphatic rings. The number of aryl methyl sites for hydroxylation is 1. The zero-order chi connectivity index (χ0) is 19.8. The van der Waals surface area contributed by atoms with Gasteiger partial charge < -0.3 is 0 Å². The maximum absolute atomic E-state index is 13.4. The van der Waals surface area contributed by atoms with Gasteiger partial charge in [0.05, 0.1) is 27.5 Å². The number of nitrogens with zero attached hydrogens (tertiary/aromatic N) is 2. The van der Waals surface area contributed by atoms with Crippen LogP contribution in [0.3, 0.4) is 0 Å². The maximum Gasteiger partial charge on any atom is 0.291 e. The number of halogens is 3. The van der Waals surface area contributed by atoms with Crippen LogP contribution in [0.2, 0.25) is 10.0 Å². The van der Waals surface area contributed by atoms with E-state index in [9.17, 15) is 17.6 Å². The Labute approximate surface area is 164 Å². The SMILES string of the molecule is Cc1ccc(F)cc1NS(=O)(=O)c1ccc(-n2ncc(Cl)c(Cl)c2=O)cc1. The molecule has 0 spiro atoms. The van der Waals surface area contributed by atoms with Crippen molar-refractivity contribution in [2.45, 2.75) is 11.8 Å². The summed E-state index contributed by atoms with van der Waals surface area (Å²) in [6.07, 6.45) is 1.21. The standard InChI is InChI=1S/C17H12Cl2FN3O3S/c1-10-2-3-11(20)8-15(10)22-27(25,26)13-6-4-12(5-7-13)23-17(24)16(19)14(18)9-21-23/h2-9,22H,1H3. The zero-order valence-electron chi connectivity index (χ0n) is 13.8. The lowest BCUT2D eigenvalue weighted by Crippen LogP contribution is -2.21. The Morgan fingerprint density at radius 1 is 1.11 bits per heavy atom. The molecule has 0 saturated heterocycles. The first-order valence-electron chi connectivity index (χ1n) is 7.52.